The average molecular weight is 166 g/mol. The summed E-state index contributed by atoms with van der Waals surface area (Å²) in [5, 5.41) is 26.2. The van der Waals surface area contributed by atoms with E-state index in [1.807, 2.05) is 0 Å². The molecule has 5 heteroatoms. The first-order valence-electron chi connectivity index (χ1n) is 2.73. The topological polar surface area (TPSA) is 77.8 Å². The highest BCUT2D eigenvalue weighted by molar-refractivity contribution is 7.80. The SMILES string of the molecule is O=C[C@H](O)[C@H](O)[C@H](O)CS. The number of aliphatic hydroxyl groups excluding tert-OH is 3. The van der Waals surface area contributed by atoms with Crippen LogP contribution in [-0.4, -0.2) is 45.7 Å². The molecule has 0 amide bonds. The number of thiol groups is 1. The Morgan fingerprint density at radius 2 is 1.90 bits per heavy atom. The van der Waals surface area contributed by atoms with Crippen LogP contribution < -0.4 is 0 Å². The summed E-state index contributed by atoms with van der Waals surface area (Å²) in [4.78, 5) is 9.82. The number of hydrogen-bond donors (Lipinski definition) is 4. The Bertz CT molecular complexity index is 108. The summed E-state index contributed by atoms with van der Waals surface area (Å²) >= 11 is 3.65. The van der Waals surface area contributed by atoms with Gasteiger partial charge >= 0.3 is 0 Å². The molecule has 0 aromatic carbocycles. The number of carbonyl (C=O) groups is 1. The minimum atomic E-state index is -1.53. The molecule has 0 bridgehead atoms. The molecule has 0 saturated carbocycles. The van der Waals surface area contributed by atoms with Crippen molar-refractivity contribution in [2.24, 2.45) is 0 Å². The maximum atomic E-state index is 9.82. The summed E-state index contributed by atoms with van der Waals surface area (Å²) in [6.07, 6.45) is -3.96. The van der Waals surface area contributed by atoms with Gasteiger partial charge in [0.1, 0.15) is 12.2 Å². The van der Waals surface area contributed by atoms with E-state index >= 15 is 0 Å². The number of rotatable bonds is 4. The van der Waals surface area contributed by atoms with Gasteiger partial charge in [0.05, 0.1) is 6.10 Å². The Balaban J connectivity index is 3.80. The van der Waals surface area contributed by atoms with E-state index in [0.29, 0.717) is 0 Å². The molecule has 3 atom stereocenters. The quantitative estimate of drug-likeness (QED) is 0.293. The second-order valence-corrected chi connectivity index (χ2v) is 2.23. The van der Waals surface area contributed by atoms with Crippen molar-refractivity contribution in [3.8, 4) is 0 Å². The Morgan fingerprint density at radius 1 is 1.40 bits per heavy atom. The van der Waals surface area contributed by atoms with Crippen molar-refractivity contribution in [3.63, 3.8) is 0 Å². The molecule has 0 unspecified atom stereocenters. The van der Waals surface area contributed by atoms with Gasteiger partial charge in [0.25, 0.3) is 0 Å². The fourth-order valence-corrected chi connectivity index (χ4v) is 0.632. The number of aliphatic hydroxyl groups is 3. The fraction of sp³-hybridized carbons (Fsp3) is 0.800. The van der Waals surface area contributed by atoms with Gasteiger partial charge in [-0.25, -0.2) is 0 Å². The number of aldehydes is 1. The lowest BCUT2D eigenvalue weighted by molar-refractivity contribution is -0.124. The Morgan fingerprint density at radius 3 is 2.20 bits per heavy atom. The molecule has 0 spiro atoms. The standard InChI is InChI=1S/C5H10O4S/c6-1-3(7)5(9)4(8)2-10/h1,3-5,7-10H,2H2/t3-,4+,5-/m0/s1. The van der Waals surface area contributed by atoms with Crippen LogP contribution in [0.3, 0.4) is 0 Å². The molecule has 0 saturated heterocycles. The van der Waals surface area contributed by atoms with Gasteiger partial charge in [-0.1, -0.05) is 0 Å². The first-order chi connectivity index (χ1) is 4.63. The van der Waals surface area contributed by atoms with E-state index in [1.165, 1.54) is 0 Å². The molecule has 0 aliphatic rings. The Hall–Kier alpha value is -0.100. The second-order valence-electron chi connectivity index (χ2n) is 1.87. The van der Waals surface area contributed by atoms with E-state index in [4.69, 9.17) is 15.3 Å². The van der Waals surface area contributed by atoms with Crippen molar-refractivity contribution in [1.82, 2.24) is 0 Å². The first kappa shape index (κ1) is 9.90. The van der Waals surface area contributed by atoms with E-state index in [0.717, 1.165) is 0 Å². The van der Waals surface area contributed by atoms with Gasteiger partial charge in [0.2, 0.25) is 0 Å². The molecule has 3 N–H and O–H groups in total. The molecule has 0 aliphatic carbocycles. The third kappa shape index (κ3) is 2.66. The molecule has 60 valence electrons. The largest absolute Gasteiger partial charge is 0.389 e. The van der Waals surface area contributed by atoms with Crippen LogP contribution in [0.25, 0.3) is 0 Å². The van der Waals surface area contributed by atoms with Gasteiger partial charge in [-0.3, -0.25) is 0 Å². The summed E-state index contributed by atoms with van der Waals surface area (Å²) < 4.78 is 0. The van der Waals surface area contributed by atoms with Gasteiger partial charge in [-0.15, -0.1) is 0 Å². The summed E-state index contributed by atoms with van der Waals surface area (Å²) in [5.41, 5.74) is 0. The first-order valence-corrected chi connectivity index (χ1v) is 3.37. The molecule has 0 rings (SSSR count). The van der Waals surface area contributed by atoms with Crippen molar-refractivity contribution in [2.75, 3.05) is 5.75 Å². The van der Waals surface area contributed by atoms with Crippen LogP contribution in [0.5, 0.6) is 0 Å². The normalized spacial score (nSPS) is 19.6. The number of carbonyl (C=O) groups excluding carboxylic acids is 1. The van der Waals surface area contributed by atoms with Crippen molar-refractivity contribution < 1.29 is 20.1 Å². The van der Waals surface area contributed by atoms with Crippen LogP contribution in [0.4, 0.5) is 0 Å². The van der Waals surface area contributed by atoms with Gasteiger partial charge in [0, 0.05) is 5.75 Å². The van der Waals surface area contributed by atoms with Crippen molar-refractivity contribution in [2.45, 2.75) is 18.3 Å². The van der Waals surface area contributed by atoms with Crippen molar-refractivity contribution in [1.29, 1.82) is 0 Å². The minimum Gasteiger partial charge on any atom is -0.389 e. The molecule has 0 radical (unpaired) electrons. The van der Waals surface area contributed by atoms with E-state index in [9.17, 15) is 4.79 Å². The lowest BCUT2D eigenvalue weighted by Gasteiger charge is -2.16. The zero-order valence-electron chi connectivity index (χ0n) is 5.21. The molecule has 4 nitrogen and oxygen atoms in total. The smallest absolute Gasteiger partial charge is 0.151 e. The van der Waals surface area contributed by atoms with E-state index in [-0.39, 0.29) is 12.0 Å². The number of hydrogen-bond acceptors (Lipinski definition) is 5. The fourth-order valence-electron chi connectivity index (χ4n) is 0.416. The van der Waals surface area contributed by atoms with Crippen LogP contribution in [0, 0.1) is 0 Å². The zero-order chi connectivity index (χ0) is 8.15. The van der Waals surface area contributed by atoms with Gasteiger partial charge in [0.15, 0.2) is 6.29 Å². The Kier molecular flexibility index (Phi) is 4.63. The molecule has 0 aromatic heterocycles. The van der Waals surface area contributed by atoms with Gasteiger partial charge in [-0.05, 0) is 0 Å². The Labute approximate surface area is 63.9 Å². The summed E-state index contributed by atoms with van der Waals surface area (Å²) in [7, 11) is 0. The predicted molar refractivity (Wildman–Crippen MR) is 37.9 cm³/mol. The third-order valence-corrected chi connectivity index (χ3v) is 1.44. The maximum Gasteiger partial charge on any atom is 0.151 e. The molecular formula is C5H10O4S. The van der Waals surface area contributed by atoms with Crippen molar-refractivity contribution in [3.05, 3.63) is 0 Å². The molecule has 0 heterocycles. The molecule has 0 aromatic rings. The molecular weight excluding hydrogens is 156 g/mol. The third-order valence-electron chi connectivity index (χ3n) is 1.07. The summed E-state index contributed by atoms with van der Waals surface area (Å²) in [6.45, 7) is 0. The van der Waals surface area contributed by atoms with Gasteiger partial charge < -0.3 is 20.1 Å². The highest BCUT2D eigenvalue weighted by Crippen LogP contribution is 1.99. The second kappa shape index (κ2) is 4.68. The van der Waals surface area contributed by atoms with Crippen LogP contribution in [0.1, 0.15) is 0 Å². The monoisotopic (exact) mass is 166 g/mol. The zero-order valence-corrected chi connectivity index (χ0v) is 6.11. The van der Waals surface area contributed by atoms with E-state index in [2.05, 4.69) is 12.6 Å². The van der Waals surface area contributed by atoms with Crippen LogP contribution >= 0.6 is 12.6 Å². The molecule has 0 aliphatic heterocycles. The lowest BCUT2D eigenvalue weighted by Crippen LogP contribution is -2.39. The molecule has 10 heavy (non-hydrogen) atoms. The van der Waals surface area contributed by atoms with Gasteiger partial charge in [-0.2, -0.15) is 12.6 Å². The van der Waals surface area contributed by atoms with Crippen LogP contribution in [0.15, 0.2) is 0 Å². The maximum absolute atomic E-state index is 9.82. The summed E-state index contributed by atoms with van der Waals surface area (Å²) in [6, 6.07) is 0. The van der Waals surface area contributed by atoms with Crippen LogP contribution in [-0.2, 0) is 4.79 Å². The minimum absolute atomic E-state index is 0.00602. The predicted octanol–water partition coefficient (Wildman–Crippen LogP) is -1.80. The van der Waals surface area contributed by atoms with Crippen LogP contribution in [0.2, 0.25) is 0 Å². The summed E-state index contributed by atoms with van der Waals surface area (Å²) in [5.74, 6) is 0.00602. The molecule has 0 fully saturated rings. The average Bonchev–Trinajstić information content (AvgIpc) is 2.00. The van der Waals surface area contributed by atoms with E-state index in [1.54, 1.807) is 0 Å². The lowest BCUT2D eigenvalue weighted by atomic mass is 10.1. The highest BCUT2D eigenvalue weighted by atomic mass is 32.1. The highest BCUT2D eigenvalue weighted by Gasteiger charge is 2.22. The van der Waals surface area contributed by atoms with E-state index < -0.39 is 18.3 Å². The van der Waals surface area contributed by atoms with Crippen molar-refractivity contribution >= 4 is 18.9 Å².